The molecule has 4 aromatic rings. The van der Waals surface area contributed by atoms with Crippen LogP contribution in [0.2, 0.25) is 0 Å². The number of hydrogen-bond donors (Lipinski definition) is 2. The molecule has 2 aromatic heterocycles. The van der Waals surface area contributed by atoms with E-state index in [9.17, 15) is 4.79 Å². The molecule has 0 fully saturated rings. The van der Waals surface area contributed by atoms with E-state index in [1.807, 2.05) is 36.4 Å². The second-order valence-corrected chi connectivity index (χ2v) is 5.30. The summed E-state index contributed by atoms with van der Waals surface area (Å²) >= 11 is 0. The number of hydrogen-bond acceptors (Lipinski definition) is 4. The summed E-state index contributed by atoms with van der Waals surface area (Å²) < 4.78 is 7.50. The van der Waals surface area contributed by atoms with Crippen LogP contribution in [-0.4, -0.2) is 14.5 Å². The van der Waals surface area contributed by atoms with E-state index in [0.29, 0.717) is 28.4 Å². The van der Waals surface area contributed by atoms with Gasteiger partial charge in [0.15, 0.2) is 11.4 Å². The Labute approximate surface area is 131 Å². The van der Waals surface area contributed by atoms with Gasteiger partial charge in [0.1, 0.15) is 11.3 Å². The molecule has 0 saturated carbocycles. The molecule has 0 aliphatic heterocycles. The Morgan fingerprint density at radius 3 is 2.70 bits per heavy atom. The van der Waals surface area contributed by atoms with E-state index in [1.54, 1.807) is 19.3 Å². The van der Waals surface area contributed by atoms with Crippen LogP contribution < -0.4 is 16.2 Å². The first-order chi connectivity index (χ1) is 11.1. The summed E-state index contributed by atoms with van der Waals surface area (Å²) in [5.74, 6) is 1.22. The Morgan fingerprint density at radius 2 is 1.87 bits per heavy atom. The van der Waals surface area contributed by atoms with Crippen molar-refractivity contribution in [3.8, 4) is 11.5 Å². The van der Waals surface area contributed by atoms with Gasteiger partial charge in [-0.15, -0.1) is 0 Å². The first-order valence-electron chi connectivity index (χ1n) is 7.14. The smallest absolute Gasteiger partial charge is 0.327 e. The van der Waals surface area contributed by atoms with Gasteiger partial charge in [0.2, 0.25) is 0 Å². The van der Waals surface area contributed by atoms with Gasteiger partial charge >= 0.3 is 5.69 Å². The van der Waals surface area contributed by atoms with Crippen molar-refractivity contribution in [3.63, 3.8) is 0 Å². The highest BCUT2D eigenvalue weighted by Gasteiger charge is 2.12. The van der Waals surface area contributed by atoms with Gasteiger partial charge in [-0.05, 0) is 12.1 Å². The molecule has 114 valence electrons. The Hall–Kier alpha value is -3.28. The molecule has 0 bridgehead atoms. The monoisotopic (exact) mass is 306 g/mol. The van der Waals surface area contributed by atoms with E-state index < -0.39 is 0 Å². The number of aromatic amines is 1. The molecule has 0 aliphatic carbocycles. The van der Waals surface area contributed by atoms with Gasteiger partial charge in [0, 0.05) is 35.8 Å². The Kier molecular flexibility index (Phi) is 2.84. The van der Waals surface area contributed by atoms with Crippen molar-refractivity contribution in [3.05, 3.63) is 59.1 Å². The Bertz CT molecular complexity index is 1090. The Balaban J connectivity index is 1.91. The van der Waals surface area contributed by atoms with Crippen molar-refractivity contribution in [1.82, 2.24) is 14.5 Å². The zero-order chi connectivity index (χ0) is 16.0. The van der Waals surface area contributed by atoms with Crippen molar-refractivity contribution in [1.29, 1.82) is 0 Å². The molecule has 4 rings (SSSR count). The lowest BCUT2D eigenvalue weighted by molar-refractivity contribution is 0.492. The molecule has 2 heterocycles. The molecule has 3 N–H and O–H groups in total. The minimum Gasteiger partial charge on any atom is -0.454 e. The average Bonchev–Trinajstić information content (AvgIpc) is 2.87. The molecule has 0 unspecified atom stereocenters. The van der Waals surface area contributed by atoms with Crippen molar-refractivity contribution in [2.45, 2.75) is 0 Å². The van der Waals surface area contributed by atoms with Gasteiger partial charge in [-0.25, -0.2) is 9.78 Å². The highest BCUT2D eigenvalue weighted by Crippen LogP contribution is 2.34. The van der Waals surface area contributed by atoms with Gasteiger partial charge in [-0.2, -0.15) is 0 Å². The zero-order valence-corrected chi connectivity index (χ0v) is 12.4. The fourth-order valence-corrected chi connectivity index (χ4v) is 2.68. The number of nitrogens with zero attached hydrogens (tertiary/aromatic N) is 2. The van der Waals surface area contributed by atoms with Crippen molar-refractivity contribution in [2.75, 3.05) is 5.73 Å². The van der Waals surface area contributed by atoms with Crippen LogP contribution in [0.3, 0.4) is 0 Å². The third kappa shape index (κ3) is 2.03. The first kappa shape index (κ1) is 13.4. The molecule has 0 spiro atoms. The minimum atomic E-state index is -0.231. The molecule has 6 heteroatoms. The number of H-pyrrole nitrogens is 1. The van der Waals surface area contributed by atoms with Crippen LogP contribution in [0.25, 0.3) is 21.9 Å². The quantitative estimate of drug-likeness (QED) is 0.558. The third-order valence-corrected chi connectivity index (χ3v) is 3.88. The second-order valence-electron chi connectivity index (χ2n) is 5.30. The van der Waals surface area contributed by atoms with Gasteiger partial charge in [-0.3, -0.25) is 4.57 Å². The van der Waals surface area contributed by atoms with Crippen LogP contribution in [0.1, 0.15) is 0 Å². The van der Waals surface area contributed by atoms with Crippen LogP contribution in [0.15, 0.2) is 53.5 Å². The van der Waals surface area contributed by atoms with Crippen molar-refractivity contribution >= 4 is 27.6 Å². The number of imidazole rings is 1. The van der Waals surface area contributed by atoms with Crippen molar-refractivity contribution in [2.24, 2.45) is 7.05 Å². The van der Waals surface area contributed by atoms with Gasteiger partial charge in [0.05, 0.1) is 0 Å². The normalized spacial score (nSPS) is 11.2. The number of anilines is 1. The SMILES string of the molecule is Cn1c(=O)[nH]c2c(Oc3ccc(N)c4ccccc34)ccnc21. The molecule has 0 aliphatic rings. The predicted molar refractivity (Wildman–Crippen MR) is 89.8 cm³/mol. The number of fused-ring (bicyclic) bond motifs is 2. The highest BCUT2D eigenvalue weighted by atomic mass is 16.5. The predicted octanol–water partition coefficient (Wildman–Crippen LogP) is 2.79. The van der Waals surface area contributed by atoms with E-state index in [4.69, 9.17) is 10.5 Å². The number of ether oxygens (including phenoxy) is 1. The van der Waals surface area contributed by atoms with Gasteiger partial charge in [-0.1, -0.05) is 24.3 Å². The van der Waals surface area contributed by atoms with Crippen molar-refractivity contribution < 1.29 is 4.74 Å². The second kappa shape index (κ2) is 4.88. The summed E-state index contributed by atoms with van der Waals surface area (Å²) in [6, 6.07) is 13.1. The minimum absolute atomic E-state index is 0.231. The summed E-state index contributed by atoms with van der Waals surface area (Å²) in [5.41, 5.74) is 7.60. The lowest BCUT2D eigenvalue weighted by Gasteiger charge is -2.11. The molecule has 0 saturated heterocycles. The number of rotatable bonds is 2. The van der Waals surface area contributed by atoms with Gasteiger partial charge < -0.3 is 15.5 Å². The first-order valence-corrected chi connectivity index (χ1v) is 7.14. The van der Waals surface area contributed by atoms with Crippen LogP contribution in [0, 0.1) is 0 Å². The number of nitrogens with two attached hydrogens (primary N) is 1. The number of nitrogen functional groups attached to an aromatic ring is 1. The topological polar surface area (TPSA) is 85.9 Å². The number of aryl methyl sites for hydroxylation is 1. The molecule has 23 heavy (non-hydrogen) atoms. The van der Waals surface area contributed by atoms with E-state index in [0.717, 1.165) is 10.8 Å². The number of benzene rings is 2. The maximum absolute atomic E-state index is 11.8. The summed E-state index contributed by atoms with van der Waals surface area (Å²) in [6.45, 7) is 0. The molecule has 0 radical (unpaired) electrons. The van der Waals surface area contributed by atoms with Crippen LogP contribution in [-0.2, 0) is 7.05 Å². The maximum atomic E-state index is 11.8. The highest BCUT2D eigenvalue weighted by molar-refractivity contribution is 5.97. The number of aromatic nitrogens is 3. The van der Waals surface area contributed by atoms with Crippen LogP contribution >= 0.6 is 0 Å². The lowest BCUT2D eigenvalue weighted by atomic mass is 10.1. The largest absolute Gasteiger partial charge is 0.454 e. The number of nitrogens with one attached hydrogen (secondary N) is 1. The zero-order valence-electron chi connectivity index (χ0n) is 12.4. The molecule has 0 amide bonds. The Morgan fingerprint density at radius 1 is 1.09 bits per heavy atom. The van der Waals surface area contributed by atoms with Crippen LogP contribution in [0.4, 0.5) is 5.69 Å². The average molecular weight is 306 g/mol. The third-order valence-electron chi connectivity index (χ3n) is 3.88. The molecule has 6 nitrogen and oxygen atoms in total. The van der Waals surface area contributed by atoms with E-state index in [2.05, 4.69) is 9.97 Å². The molecular formula is C17H14N4O2. The fraction of sp³-hybridized carbons (Fsp3) is 0.0588. The van der Waals surface area contributed by atoms with E-state index in [-0.39, 0.29) is 5.69 Å². The molecule has 2 aromatic carbocycles. The fourth-order valence-electron chi connectivity index (χ4n) is 2.68. The van der Waals surface area contributed by atoms with E-state index >= 15 is 0 Å². The van der Waals surface area contributed by atoms with Gasteiger partial charge in [0.25, 0.3) is 0 Å². The standard InChI is InChI=1S/C17H14N4O2/c1-21-16-15(20-17(21)22)14(8-9-19-16)23-13-7-6-12(18)10-4-2-3-5-11(10)13/h2-9H,18H2,1H3,(H,20,22). The molecule has 0 atom stereocenters. The number of pyridine rings is 1. The summed E-state index contributed by atoms with van der Waals surface area (Å²) in [6.07, 6.45) is 1.62. The summed E-state index contributed by atoms with van der Waals surface area (Å²) in [4.78, 5) is 18.8. The summed E-state index contributed by atoms with van der Waals surface area (Å²) in [5, 5.41) is 1.84. The lowest BCUT2D eigenvalue weighted by Crippen LogP contribution is -2.12. The summed E-state index contributed by atoms with van der Waals surface area (Å²) in [7, 11) is 1.66. The maximum Gasteiger partial charge on any atom is 0.327 e. The van der Waals surface area contributed by atoms with E-state index in [1.165, 1.54) is 4.57 Å². The van der Waals surface area contributed by atoms with Crippen LogP contribution in [0.5, 0.6) is 11.5 Å². The molecular weight excluding hydrogens is 292 g/mol.